The molecule has 164 valence electrons. The highest BCUT2D eigenvalue weighted by Gasteiger charge is 2.46. The number of carbonyl (C=O) groups is 2. The molecule has 1 atom stereocenters. The van der Waals surface area contributed by atoms with Gasteiger partial charge in [0.25, 0.3) is 11.7 Å². The van der Waals surface area contributed by atoms with Gasteiger partial charge in [-0.2, -0.15) is 0 Å². The minimum Gasteiger partial charge on any atom is -0.507 e. The molecule has 1 fully saturated rings. The molecule has 8 heteroatoms. The van der Waals surface area contributed by atoms with E-state index in [2.05, 4.69) is 0 Å². The lowest BCUT2D eigenvalue weighted by Crippen LogP contribution is -2.29. The van der Waals surface area contributed by atoms with Crippen molar-refractivity contribution < 1.29 is 29.0 Å². The largest absolute Gasteiger partial charge is 0.507 e. The first kappa shape index (κ1) is 21.5. The number of phenolic OH excluding ortho intramolecular Hbond substituents is 1. The fraction of sp³-hybridized carbons (Fsp3) is 0.167. The normalized spacial score (nSPS) is 17.7. The molecule has 7 nitrogen and oxygen atoms in total. The fourth-order valence-electron chi connectivity index (χ4n) is 3.70. The Morgan fingerprint density at radius 2 is 1.91 bits per heavy atom. The summed E-state index contributed by atoms with van der Waals surface area (Å²) < 4.78 is 10.9. The monoisotopic (exact) mass is 453 g/mol. The number of phenols is 1. The second-order valence-electron chi connectivity index (χ2n) is 7.17. The van der Waals surface area contributed by atoms with E-state index in [-0.39, 0.29) is 29.4 Å². The van der Waals surface area contributed by atoms with Crippen LogP contribution in [-0.2, 0) is 16.1 Å². The predicted molar refractivity (Wildman–Crippen MR) is 117 cm³/mol. The number of carbonyl (C=O) groups excluding carboxylic acids is 2. The number of halogens is 1. The number of nitrogens with zero attached hydrogens (tertiary/aromatic N) is 1. The summed E-state index contributed by atoms with van der Waals surface area (Å²) in [5.41, 5.74) is 0.767. The molecule has 4 rings (SSSR count). The first-order valence-corrected chi connectivity index (χ1v) is 10.3. The van der Waals surface area contributed by atoms with Crippen LogP contribution in [0.3, 0.4) is 0 Å². The van der Waals surface area contributed by atoms with Crippen molar-refractivity contribution in [2.24, 2.45) is 0 Å². The van der Waals surface area contributed by atoms with Crippen LogP contribution in [0.1, 0.15) is 29.9 Å². The van der Waals surface area contributed by atoms with Gasteiger partial charge in [0.05, 0.1) is 31.0 Å². The molecular weight excluding hydrogens is 434 g/mol. The van der Waals surface area contributed by atoms with Gasteiger partial charge in [-0.15, -0.1) is 0 Å². The van der Waals surface area contributed by atoms with Crippen LogP contribution in [0.2, 0.25) is 5.02 Å². The van der Waals surface area contributed by atoms with Gasteiger partial charge in [-0.25, -0.2) is 0 Å². The molecular formula is C24H20ClNO6. The Hall–Kier alpha value is -3.71. The molecule has 2 heterocycles. The molecule has 1 amide bonds. The SMILES string of the molecule is CCOc1cc([C@@H]2C(=C(O)c3ccc(Cl)cc3)C(=O)C(=O)N2Cc2ccco2)ccc1O. The highest BCUT2D eigenvalue weighted by Crippen LogP contribution is 2.42. The van der Waals surface area contributed by atoms with Crippen LogP contribution in [-0.4, -0.2) is 33.4 Å². The van der Waals surface area contributed by atoms with Gasteiger partial charge in [-0.05, 0) is 61.0 Å². The van der Waals surface area contributed by atoms with Crippen molar-refractivity contribution in [3.63, 3.8) is 0 Å². The highest BCUT2D eigenvalue weighted by atomic mass is 35.5. The summed E-state index contributed by atoms with van der Waals surface area (Å²) in [6.45, 7) is 2.11. The van der Waals surface area contributed by atoms with E-state index in [4.69, 9.17) is 20.8 Å². The second-order valence-corrected chi connectivity index (χ2v) is 7.61. The zero-order valence-corrected chi connectivity index (χ0v) is 17.9. The third kappa shape index (κ3) is 3.94. The quantitative estimate of drug-likeness (QED) is 0.320. The van der Waals surface area contributed by atoms with Gasteiger partial charge in [0, 0.05) is 10.6 Å². The minimum atomic E-state index is -0.921. The van der Waals surface area contributed by atoms with E-state index in [1.54, 1.807) is 55.5 Å². The summed E-state index contributed by atoms with van der Waals surface area (Å²) in [5, 5.41) is 21.6. The van der Waals surface area contributed by atoms with Crippen molar-refractivity contribution in [2.75, 3.05) is 6.61 Å². The number of aliphatic hydroxyl groups is 1. The standard InChI is InChI=1S/C24H20ClNO6/c1-2-31-19-12-15(7-10-18(19)27)21-20(22(28)14-5-8-16(25)9-6-14)23(29)24(30)26(21)13-17-4-3-11-32-17/h3-12,21,27-28H,2,13H2,1H3/t21-/m1/s1. The van der Waals surface area contributed by atoms with Crippen molar-refractivity contribution in [1.29, 1.82) is 0 Å². The van der Waals surface area contributed by atoms with Crippen LogP contribution >= 0.6 is 11.6 Å². The lowest BCUT2D eigenvalue weighted by atomic mass is 9.95. The molecule has 1 aliphatic heterocycles. The molecule has 32 heavy (non-hydrogen) atoms. The van der Waals surface area contributed by atoms with Crippen LogP contribution in [0.25, 0.3) is 5.76 Å². The van der Waals surface area contributed by atoms with E-state index in [0.717, 1.165) is 0 Å². The van der Waals surface area contributed by atoms with Gasteiger partial charge in [0.1, 0.15) is 11.5 Å². The third-order valence-electron chi connectivity index (χ3n) is 5.16. The van der Waals surface area contributed by atoms with Gasteiger partial charge >= 0.3 is 0 Å². The highest BCUT2D eigenvalue weighted by molar-refractivity contribution is 6.46. The van der Waals surface area contributed by atoms with E-state index < -0.39 is 17.7 Å². The number of aromatic hydroxyl groups is 1. The molecule has 0 bridgehead atoms. The third-order valence-corrected chi connectivity index (χ3v) is 5.42. The minimum absolute atomic E-state index is 0.0183. The second kappa shape index (κ2) is 8.80. The van der Waals surface area contributed by atoms with E-state index in [1.165, 1.54) is 17.2 Å². The Bertz CT molecular complexity index is 1180. The molecule has 0 aliphatic carbocycles. The topological polar surface area (TPSA) is 100 Å². The Morgan fingerprint density at radius 1 is 1.16 bits per heavy atom. The number of rotatable bonds is 6. The molecule has 2 aromatic carbocycles. The van der Waals surface area contributed by atoms with Crippen LogP contribution in [0, 0.1) is 0 Å². The number of Topliss-reactive ketones (excluding diaryl/α,β-unsaturated/α-hetero) is 1. The summed E-state index contributed by atoms with van der Waals surface area (Å²) in [7, 11) is 0. The maximum Gasteiger partial charge on any atom is 0.296 e. The number of hydrogen-bond donors (Lipinski definition) is 2. The number of benzene rings is 2. The Kier molecular flexibility index (Phi) is 5.92. The summed E-state index contributed by atoms with van der Waals surface area (Å²) in [5.74, 6) is -1.30. The van der Waals surface area contributed by atoms with Gasteiger partial charge in [-0.3, -0.25) is 9.59 Å². The fourth-order valence-corrected chi connectivity index (χ4v) is 3.82. The molecule has 1 aromatic heterocycles. The van der Waals surface area contributed by atoms with Crippen molar-refractivity contribution in [3.05, 3.63) is 88.3 Å². The zero-order valence-electron chi connectivity index (χ0n) is 17.1. The zero-order chi connectivity index (χ0) is 22.8. The van der Waals surface area contributed by atoms with Crippen LogP contribution < -0.4 is 4.74 Å². The first-order valence-electron chi connectivity index (χ1n) is 9.93. The number of ether oxygens (including phenoxy) is 1. The summed E-state index contributed by atoms with van der Waals surface area (Å²) in [4.78, 5) is 27.3. The lowest BCUT2D eigenvalue weighted by Gasteiger charge is -2.25. The van der Waals surface area contributed by atoms with E-state index in [0.29, 0.717) is 28.5 Å². The number of hydrogen-bond acceptors (Lipinski definition) is 6. The Morgan fingerprint density at radius 3 is 2.56 bits per heavy atom. The molecule has 3 aromatic rings. The summed E-state index contributed by atoms with van der Waals surface area (Å²) >= 11 is 5.94. The Labute approximate surface area is 189 Å². The van der Waals surface area contributed by atoms with Crippen molar-refractivity contribution in [2.45, 2.75) is 19.5 Å². The first-order chi connectivity index (χ1) is 15.4. The smallest absolute Gasteiger partial charge is 0.296 e. The van der Waals surface area contributed by atoms with E-state index >= 15 is 0 Å². The molecule has 0 unspecified atom stereocenters. The number of ketones is 1. The van der Waals surface area contributed by atoms with Gasteiger partial charge in [-0.1, -0.05) is 17.7 Å². The number of aliphatic hydroxyl groups excluding tert-OH is 1. The molecule has 1 saturated heterocycles. The Balaban J connectivity index is 1.88. The molecule has 0 radical (unpaired) electrons. The molecule has 2 N–H and O–H groups in total. The predicted octanol–water partition coefficient (Wildman–Crippen LogP) is 4.66. The molecule has 0 saturated carbocycles. The average molecular weight is 454 g/mol. The van der Waals surface area contributed by atoms with Crippen molar-refractivity contribution >= 4 is 29.1 Å². The lowest BCUT2D eigenvalue weighted by molar-refractivity contribution is -0.140. The van der Waals surface area contributed by atoms with Gasteiger partial charge in [0.15, 0.2) is 11.5 Å². The van der Waals surface area contributed by atoms with E-state index in [1.807, 2.05) is 0 Å². The van der Waals surface area contributed by atoms with Crippen LogP contribution in [0.5, 0.6) is 11.5 Å². The summed E-state index contributed by atoms with van der Waals surface area (Å²) in [6, 6.07) is 13.3. The number of amides is 1. The van der Waals surface area contributed by atoms with E-state index in [9.17, 15) is 19.8 Å². The number of likely N-dealkylation sites (tertiary alicyclic amines) is 1. The summed E-state index contributed by atoms with van der Waals surface area (Å²) in [6.07, 6.45) is 1.47. The van der Waals surface area contributed by atoms with Crippen molar-refractivity contribution in [1.82, 2.24) is 4.90 Å². The number of furan rings is 1. The average Bonchev–Trinajstić information content (AvgIpc) is 3.38. The van der Waals surface area contributed by atoms with Gasteiger partial charge in [0.2, 0.25) is 0 Å². The van der Waals surface area contributed by atoms with Gasteiger partial charge < -0.3 is 24.3 Å². The maximum absolute atomic E-state index is 13.0. The maximum atomic E-state index is 13.0. The molecule has 0 spiro atoms. The van der Waals surface area contributed by atoms with Crippen LogP contribution in [0.15, 0.2) is 70.9 Å². The molecule has 1 aliphatic rings. The van der Waals surface area contributed by atoms with Crippen LogP contribution in [0.4, 0.5) is 0 Å². The van der Waals surface area contributed by atoms with Crippen molar-refractivity contribution in [3.8, 4) is 11.5 Å².